The maximum atomic E-state index is 6.07. The molecule has 3 aliphatic rings. The van der Waals surface area contributed by atoms with Gasteiger partial charge in [-0.05, 0) is 69.7 Å². The number of nitrogens with zero attached hydrogens (tertiary/aromatic N) is 1. The molecule has 0 bridgehead atoms. The predicted molar refractivity (Wildman–Crippen MR) is 81.1 cm³/mol. The Kier molecular flexibility index (Phi) is 4.48. The molecule has 0 heterocycles. The van der Waals surface area contributed by atoms with Gasteiger partial charge in [0.1, 0.15) is 0 Å². The van der Waals surface area contributed by atoms with Gasteiger partial charge in [-0.25, -0.2) is 0 Å². The van der Waals surface area contributed by atoms with E-state index in [0.717, 1.165) is 23.9 Å². The summed E-state index contributed by atoms with van der Waals surface area (Å²) in [6.45, 7) is 3.62. The van der Waals surface area contributed by atoms with Crippen molar-refractivity contribution in [2.75, 3.05) is 6.54 Å². The highest BCUT2D eigenvalue weighted by atomic mass is 15.2. The van der Waals surface area contributed by atoms with Crippen LogP contribution in [-0.4, -0.2) is 29.6 Å². The average Bonchev–Trinajstić information content (AvgIpc) is 3.27. The van der Waals surface area contributed by atoms with E-state index in [9.17, 15) is 0 Å². The summed E-state index contributed by atoms with van der Waals surface area (Å²) in [5.74, 6) is 2.18. The molecule has 2 N–H and O–H groups in total. The van der Waals surface area contributed by atoms with Gasteiger partial charge in [-0.2, -0.15) is 0 Å². The number of hydrogen-bond acceptors (Lipinski definition) is 2. The maximum Gasteiger partial charge on any atom is 0.0101 e. The van der Waals surface area contributed by atoms with E-state index in [1.54, 1.807) is 0 Å². The van der Waals surface area contributed by atoms with Crippen LogP contribution in [0.4, 0.5) is 0 Å². The van der Waals surface area contributed by atoms with Gasteiger partial charge in [-0.15, -0.1) is 0 Å². The van der Waals surface area contributed by atoms with Gasteiger partial charge in [-0.1, -0.05) is 19.8 Å². The van der Waals surface area contributed by atoms with Gasteiger partial charge in [0.2, 0.25) is 0 Å². The molecule has 3 rings (SSSR count). The first kappa shape index (κ1) is 13.9. The third-order valence-corrected chi connectivity index (χ3v) is 6.02. The van der Waals surface area contributed by atoms with Crippen molar-refractivity contribution in [1.82, 2.24) is 4.90 Å². The zero-order valence-electron chi connectivity index (χ0n) is 12.7. The Hall–Kier alpha value is -0.0800. The topological polar surface area (TPSA) is 29.3 Å². The van der Waals surface area contributed by atoms with Gasteiger partial charge in [0.25, 0.3) is 0 Å². The van der Waals surface area contributed by atoms with E-state index in [-0.39, 0.29) is 0 Å². The summed E-state index contributed by atoms with van der Waals surface area (Å²) in [6, 6.07) is 2.22. The molecule has 3 saturated carbocycles. The van der Waals surface area contributed by atoms with Crippen LogP contribution in [0.1, 0.15) is 71.1 Å². The first-order valence-electron chi connectivity index (χ1n) is 8.79. The molecule has 0 aliphatic heterocycles. The van der Waals surface area contributed by atoms with E-state index in [2.05, 4.69) is 11.8 Å². The fourth-order valence-electron chi connectivity index (χ4n) is 4.75. The van der Waals surface area contributed by atoms with E-state index in [0.29, 0.717) is 6.04 Å². The molecule has 0 aromatic carbocycles. The Labute approximate surface area is 119 Å². The van der Waals surface area contributed by atoms with Crippen LogP contribution in [0.5, 0.6) is 0 Å². The maximum absolute atomic E-state index is 6.07. The molecule has 3 aliphatic carbocycles. The molecule has 2 unspecified atom stereocenters. The molecule has 0 aromatic rings. The summed E-state index contributed by atoms with van der Waals surface area (Å²) in [5.41, 5.74) is 6.07. The SMILES string of the molecule is CCN(C1CCC(N)CC1)C1CCCC(C2CC2)C1. The molecule has 0 aromatic heterocycles. The third-order valence-electron chi connectivity index (χ3n) is 6.02. The summed E-state index contributed by atoms with van der Waals surface area (Å²) in [6.07, 6.45) is 14.2. The summed E-state index contributed by atoms with van der Waals surface area (Å²) in [7, 11) is 0. The lowest BCUT2D eigenvalue weighted by atomic mass is 9.80. The first-order valence-corrected chi connectivity index (χ1v) is 8.79. The second-order valence-corrected chi connectivity index (χ2v) is 7.32. The Balaban J connectivity index is 1.57. The van der Waals surface area contributed by atoms with Crippen LogP contribution in [0.3, 0.4) is 0 Å². The van der Waals surface area contributed by atoms with Crippen LogP contribution in [0.2, 0.25) is 0 Å². The van der Waals surface area contributed by atoms with Crippen molar-refractivity contribution in [1.29, 1.82) is 0 Å². The van der Waals surface area contributed by atoms with Crippen LogP contribution in [0, 0.1) is 11.8 Å². The fraction of sp³-hybridized carbons (Fsp3) is 1.00. The molecule has 0 radical (unpaired) electrons. The molecule has 19 heavy (non-hydrogen) atoms. The van der Waals surface area contributed by atoms with E-state index in [4.69, 9.17) is 5.73 Å². The van der Waals surface area contributed by atoms with Crippen LogP contribution in [0.25, 0.3) is 0 Å². The Morgan fingerprint density at radius 1 is 0.842 bits per heavy atom. The smallest absolute Gasteiger partial charge is 0.0101 e. The molecule has 110 valence electrons. The van der Waals surface area contributed by atoms with Crippen molar-refractivity contribution < 1.29 is 0 Å². The minimum absolute atomic E-state index is 0.487. The third kappa shape index (κ3) is 3.33. The molecule has 0 amide bonds. The highest BCUT2D eigenvalue weighted by Gasteiger charge is 2.37. The van der Waals surface area contributed by atoms with E-state index < -0.39 is 0 Å². The average molecular weight is 264 g/mol. The second-order valence-electron chi connectivity index (χ2n) is 7.32. The van der Waals surface area contributed by atoms with Crippen LogP contribution >= 0.6 is 0 Å². The van der Waals surface area contributed by atoms with Crippen LogP contribution in [-0.2, 0) is 0 Å². The molecular weight excluding hydrogens is 232 g/mol. The largest absolute Gasteiger partial charge is 0.328 e. The Bertz CT molecular complexity index is 279. The Morgan fingerprint density at radius 2 is 1.58 bits per heavy atom. The molecule has 0 spiro atoms. The number of hydrogen-bond donors (Lipinski definition) is 1. The first-order chi connectivity index (χ1) is 9.28. The molecule has 3 fully saturated rings. The predicted octanol–water partition coefficient (Wildman–Crippen LogP) is 3.55. The van der Waals surface area contributed by atoms with Crippen molar-refractivity contribution in [3.8, 4) is 0 Å². The molecule has 2 atom stereocenters. The van der Waals surface area contributed by atoms with Crippen LogP contribution < -0.4 is 5.73 Å². The van der Waals surface area contributed by atoms with Gasteiger partial charge >= 0.3 is 0 Å². The van der Waals surface area contributed by atoms with E-state index in [1.165, 1.54) is 70.8 Å². The summed E-state index contributed by atoms with van der Waals surface area (Å²) in [4.78, 5) is 2.86. The highest BCUT2D eigenvalue weighted by Crippen LogP contribution is 2.45. The normalized spacial score (nSPS) is 40.6. The minimum Gasteiger partial charge on any atom is -0.328 e. The lowest BCUT2D eigenvalue weighted by Gasteiger charge is -2.43. The molecular formula is C17H32N2. The van der Waals surface area contributed by atoms with Crippen LogP contribution in [0.15, 0.2) is 0 Å². The fourth-order valence-corrected chi connectivity index (χ4v) is 4.75. The van der Waals surface area contributed by atoms with Gasteiger partial charge in [-0.3, -0.25) is 4.90 Å². The standard InChI is InChI=1S/C17H32N2/c1-2-19(16-10-8-15(18)9-11-16)17-5-3-4-14(12-17)13-6-7-13/h13-17H,2-12,18H2,1H3. The van der Waals surface area contributed by atoms with Gasteiger partial charge < -0.3 is 5.73 Å². The lowest BCUT2D eigenvalue weighted by Crippen LogP contribution is -2.48. The van der Waals surface area contributed by atoms with Gasteiger partial charge in [0.05, 0.1) is 0 Å². The van der Waals surface area contributed by atoms with Crippen molar-refractivity contribution in [3.05, 3.63) is 0 Å². The lowest BCUT2D eigenvalue weighted by molar-refractivity contribution is 0.0648. The number of rotatable bonds is 4. The molecule has 2 heteroatoms. The Morgan fingerprint density at radius 3 is 2.21 bits per heavy atom. The van der Waals surface area contributed by atoms with Gasteiger partial charge in [0, 0.05) is 18.1 Å². The van der Waals surface area contributed by atoms with Gasteiger partial charge in [0.15, 0.2) is 0 Å². The van der Waals surface area contributed by atoms with Crippen molar-refractivity contribution in [2.24, 2.45) is 17.6 Å². The monoisotopic (exact) mass is 264 g/mol. The minimum atomic E-state index is 0.487. The van der Waals surface area contributed by atoms with Crippen molar-refractivity contribution in [3.63, 3.8) is 0 Å². The highest BCUT2D eigenvalue weighted by molar-refractivity contribution is 4.91. The molecule has 0 saturated heterocycles. The summed E-state index contributed by atoms with van der Waals surface area (Å²) >= 11 is 0. The zero-order chi connectivity index (χ0) is 13.2. The molecule has 2 nitrogen and oxygen atoms in total. The summed E-state index contributed by atoms with van der Waals surface area (Å²) in [5, 5.41) is 0. The van der Waals surface area contributed by atoms with Crippen molar-refractivity contribution >= 4 is 0 Å². The zero-order valence-corrected chi connectivity index (χ0v) is 12.7. The quantitative estimate of drug-likeness (QED) is 0.841. The second kappa shape index (κ2) is 6.13. The van der Waals surface area contributed by atoms with Crippen molar-refractivity contribution in [2.45, 2.75) is 89.3 Å². The summed E-state index contributed by atoms with van der Waals surface area (Å²) < 4.78 is 0. The van der Waals surface area contributed by atoms with E-state index >= 15 is 0 Å². The van der Waals surface area contributed by atoms with E-state index in [1.807, 2.05) is 0 Å². The number of nitrogens with two attached hydrogens (primary N) is 1.